The molecule has 19 heavy (non-hydrogen) atoms. The molecule has 0 aliphatic carbocycles. The van der Waals surface area contributed by atoms with Gasteiger partial charge in [0.05, 0.1) is 0 Å². The molecule has 0 saturated heterocycles. The van der Waals surface area contributed by atoms with Gasteiger partial charge in [0.1, 0.15) is 6.61 Å². The van der Waals surface area contributed by atoms with Gasteiger partial charge in [0.2, 0.25) is 0 Å². The van der Waals surface area contributed by atoms with E-state index in [4.69, 9.17) is 5.11 Å². The number of aliphatic hydroxyl groups is 1. The molecule has 2 rings (SSSR count). The average molecular weight is 282 g/mol. The number of rotatable bonds is 4. The normalized spacial score (nSPS) is 9.79. The molecule has 0 unspecified atom stereocenters. The summed E-state index contributed by atoms with van der Waals surface area (Å²) in [5.74, 6) is -0.248. The second kappa shape index (κ2) is 7.88. The average Bonchev–Trinajstić information content (AvgIpc) is 2.41. The van der Waals surface area contributed by atoms with Crippen molar-refractivity contribution in [3.05, 3.63) is 59.7 Å². The van der Waals surface area contributed by atoms with E-state index in [0.29, 0.717) is 5.56 Å². The molecule has 1 N–H and O–H groups in total. The van der Waals surface area contributed by atoms with Gasteiger partial charge in [-0.05, 0) is 31.2 Å². The molecule has 0 spiro atoms. The van der Waals surface area contributed by atoms with E-state index in [1.165, 1.54) is 10.5 Å². The maximum atomic E-state index is 11.3. The van der Waals surface area contributed by atoms with Crippen LogP contribution in [-0.2, 0) is 0 Å². The number of aryl methyl sites for hydroxylation is 1. The number of hydrogen-bond donors (Lipinski definition) is 1. The molecule has 0 bridgehead atoms. The van der Waals surface area contributed by atoms with E-state index in [-0.39, 0.29) is 35.3 Å². The maximum absolute atomic E-state index is 11.3. The van der Waals surface area contributed by atoms with Crippen LogP contribution in [0.3, 0.4) is 0 Å². The van der Waals surface area contributed by atoms with Gasteiger partial charge >= 0.3 is 29.6 Å². The zero-order valence-electron chi connectivity index (χ0n) is 10.1. The van der Waals surface area contributed by atoms with Gasteiger partial charge in [0.15, 0.2) is 5.78 Å². The molecular weight excluding hydrogens is 267 g/mol. The summed E-state index contributed by atoms with van der Waals surface area (Å²) in [4.78, 5) is 13.5. The zero-order valence-corrected chi connectivity index (χ0v) is 10.9. The number of carbonyl (C=O) groups excluding carboxylic acids is 1. The Bertz CT molecular complexity index is 535. The Hall–Kier alpha value is -0.580. The number of Topliss-reactive ketones (excluding diaryl/α,β-unsaturated/α-hetero) is 1. The van der Waals surface area contributed by atoms with Crippen molar-refractivity contribution in [1.29, 1.82) is 0 Å². The third kappa shape index (κ3) is 4.79. The molecule has 4 heteroatoms. The summed E-state index contributed by atoms with van der Waals surface area (Å²) in [5.41, 5.74) is 1.79. The van der Waals surface area contributed by atoms with E-state index in [2.05, 4.69) is 31.2 Å². The van der Waals surface area contributed by atoms with E-state index >= 15 is 0 Å². The molecule has 2 aromatic carbocycles. The van der Waals surface area contributed by atoms with Gasteiger partial charge < -0.3 is 5.11 Å². The molecule has 0 heterocycles. The van der Waals surface area contributed by atoms with Crippen molar-refractivity contribution in [3.63, 3.8) is 0 Å². The molecule has 0 aliphatic rings. The fourth-order valence-electron chi connectivity index (χ4n) is 1.54. The molecule has 0 aliphatic heterocycles. The first kappa shape index (κ1) is 16.5. The van der Waals surface area contributed by atoms with Gasteiger partial charge in [-0.25, -0.2) is 0 Å². The van der Waals surface area contributed by atoms with E-state index in [1.807, 2.05) is 12.1 Å². The van der Waals surface area contributed by atoms with Gasteiger partial charge in [-0.3, -0.25) is 4.79 Å². The van der Waals surface area contributed by atoms with Crippen LogP contribution in [0.2, 0.25) is 0 Å². The molecule has 0 saturated carbocycles. The Kier molecular flexibility index (Phi) is 6.83. The Labute approximate surface area is 139 Å². The molecule has 0 amide bonds. The third-order valence-electron chi connectivity index (χ3n) is 2.58. The first-order valence-electron chi connectivity index (χ1n) is 5.67. The van der Waals surface area contributed by atoms with E-state index in [9.17, 15) is 4.79 Å². The number of aliphatic hydroxyl groups excluding tert-OH is 1. The van der Waals surface area contributed by atoms with Gasteiger partial charge in [-0.1, -0.05) is 41.6 Å². The fourth-order valence-corrected chi connectivity index (χ4v) is 2.36. The van der Waals surface area contributed by atoms with Crippen molar-refractivity contribution >= 4 is 47.1 Å². The van der Waals surface area contributed by atoms with Crippen LogP contribution >= 0.6 is 11.8 Å². The van der Waals surface area contributed by atoms with Crippen molar-refractivity contribution in [2.75, 3.05) is 6.61 Å². The van der Waals surface area contributed by atoms with E-state index < -0.39 is 6.61 Å². The summed E-state index contributed by atoms with van der Waals surface area (Å²) >= 11 is 1.65. The summed E-state index contributed by atoms with van der Waals surface area (Å²) in [7, 11) is 0. The van der Waals surface area contributed by atoms with Crippen LogP contribution in [0.25, 0.3) is 0 Å². The molecule has 94 valence electrons. The minimum absolute atomic E-state index is 0. The van der Waals surface area contributed by atoms with Crippen LogP contribution in [0.4, 0.5) is 0 Å². The standard InChI is InChI=1S/C15H14O2S.Na.H/c1-11-2-6-13(7-3-11)18-14-8-4-12(5-9-14)15(17)10-16;;/h2-9,16H,10H2,1H3;;. The Balaban J connectivity index is 0.00000180. The quantitative estimate of drug-likeness (QED) is 0.692. The van der Waals surface area contributed by atoms with E-state index in [1.54, 1.807) is 23.9 Å². The van der Waals surface area contributed by atoms with Crippen LogP contribution in [0, 0.1) is 6.92 Å². The second-order valence-electron chi connectivity index (χ2n) is 4.02. The number of hydrogen-bond acceptors (Lipinski definition) is 3. The van der Waals surface area contributed by atoms with Crippen LogP contribution in [0.15, 0.2) is 58.3 Å². The van der Waals surface area contributed by atoms with Crippen molar-refractivity contribution in [1.82, 2.24) is 0 Å². The number of carbonyl (C=O) groups is 1. The molecular formula is C15H15NaO2S. The Morgan fingerprint density at radius 1 is 1.00 bits per heavy atom. The first-order valence-corrected chi connectivity index (χ1v) is 6.49. The van der Waals surface area contributed by atoms with Crippen LogP contribution in [-0.4, -0.2) is 47.1 Å². The third-order valence-corrected chi connectivity index (χ3v) is 3.59. The molecule has 2 nitrogen and oxygen atoms in total. The van der Waals surface area contributed by atoms with Crippen molar-refractivity contribution in [3.8, 4) is 0 Å². The summed E-state index contributed by atoms with van der Waals surface area (Å²) in [6, 6.07) is 15.6. The minimum atomic E-state index is -0.440. The molecule has 0 atom stereocenters. The van der Waals surface area contributed by atoms with Crippen LogP contribution in [0.1, 0.15) is 15.9 Å². The van der Waals surface area contributed by atoms with E-state index in [0.717, 1.165) is 4.90 Å². The summed E-state index contributed by atoms with van der Waals surface area (Å²) in [6.07, 6.45) is 0. The zero-order chi connectivity index (χ0) is 13.0. The Morgan fingerprint density at radius 2 is 1.47 bits per heavy atom. The predicted molar refractivity (Wildman–Crippen MR) is 80.3 cm³/mol. The summed E-state index contributed by atoms with van der Waals surface area (Å²) in [5, 5.41) is 8.76. The number of benzene rings is 2. The topological polar surface area (TPSA) is 37.3 Å². The van der Waals surface area contributed by atoms with Crippen LogP contribution in [0.5, 0.6) is 0 Å². The van der Waals surface area contributed by atoms with Crippen molar-refractivity contribution in [2.24, 2.45) is 0 Å². The predicted octanol–water partition coefficient (Wildman–Crippen LogP) is 2.67. The first-order chi connectivity index (χ1) is 8.69. The molecule has 2 aromatic rings. The molecule has 0 radical (unpaired) electrons. The van der Waals surface area contributed by atoms with Crippen molar-refractivity contribution < 1.29 is 9.90 Å². The Morgan fingerprint density at radius 3 is 1.95 bits per heavy atom. The van der Waals surface area contributed by atoms with Crippen molar-refractivity contribution in [2.45, 2.75) is 16.7 Å². The van der Waals surface area contributed by atoms with Gasteiger partial charge in [-0.15, -0.1) is 0 Å². The summed E-state index contributed by atoms with van der Waals surface area (Å²) in [6.45, 7) is 1.62. The monoisotopic (exact) mass is 282 g/mol. The van der Waals surface area contributed by atoms with Crippen LogP contribution < -0.4 is 0 Å². The van der Waals surface area contributed by atoms with Gasteiger partial charge in [-0.2, -0.15) is 0 Å². The fraction of sp³-hybridized carbons (Fsp3) is 0.133. The SMILES string of the molecule is Cc1ccc(Sc2ccc(C(=O)CO)cc2)cc1.[NaH]. The van der Waals surface area contributed by atoms with Gasteiger partial charge in [0.25, 0.3) is 0 Å². The number of ketones is 1. The molecule has 0 fully saturated rings. The molecule has 0 aromatic heterocycles. The second-order valence-corrected chi connectivity index (χ2v) is 5.17. The summed E-state index contributed by atoms with van der Waals surface area (Å²) < 4.78 is 0. The van der Waals surface area contributed by atoms with Gasteiger partial charge in [0, 0.05) is 15.4 Å².